The summed E-state index contributed by atoms with van der Waals surface area (Å²) in [6.45, 7) is 4.02. The quantitative estimate of drug-likeness (QED) is 0.286. The van der Waals surface area contributed by atoms with E-state index in [1.54, 1.807) is 19.4 Å². The number of nitrogens with zero attached hydrogens (tertiary/aromatic N) is 2. The molecular weight excluding hydrogens is 537 g/mol. The fraction of sp³-hybridized carbons (Fsp3) is 0.429. The van der Waals surface area contributed by atoms with Gasteiger partial charge in [-0.25, -0.2) is 4.99 Å². The molecular formula is C21H27F2IN4O4. The van der Waals surface area contributed by atoms with Gasteiger partial charge in [0.05, 0.1) is 25.9 Å². The van der Waals surface area contributed by atoms with Gasteiger partial charge in [-0.05, 0) is 26.8 Å². The molecule has 0 fully saturated rings. The highest BCUT2D eigenvalue weighted by Crippen LogP contribution is 2.39. The molecule has 1 aliphatic rings. The first kappa shape index (κ1) is 25.7. The highest BCUT2D eigenvalue weighted by atomic mass is 127. The monoisotopic (exact) mass is 564 g/mol. The van der Waals surface area contributed by atoms with Gasteiger partial charge in [0, 0.05) is 35.5 Å². The van der Waals surface area contributed by atoms with Crippen LogP contribution in [0.3, 0.4) is 0 Å². The summed E-state index contributed by atoms with van der Waals surface area (Å²) in [4.78, 5) is 8.96. The minimum absolute atomic E-state index is 0. The van der Waals surface area contributed by atoms with Gasteiger partial charge >= 0.3 is 6.61 Å². The molecule has 0 spiro atoms. The summed E-state index contributed by atoms with van der Waals surface area (Å²) in [5.41, 5.74) is 3.17. The summed E-state index contributed by atoms with van der Waals surface area (Å²) in [7, 11) is 1.63. The first-order chi connectivity index (χ1) is 14.9. The Bertz CT molecular complexity index is 960. The van der Waals surface area contributed by atoms with Gasteiger partial charge in [-0.15, -0.1) is 24.0 Å². The van der Waals surface area contributed by atoms with E-state index in [1.165, 1.54) is 6.07 Å². The molecule has 0 bridgehead atoms. The van der Waals surface area contributed by atoms with Gasteiger partial charge in [-0.2, -0.15) is 8.78 Å². The van der Waals surface area contributed by atoms with Crippen LogP contribution in [-0.4, -0.2) is 38.0 Å². The number of nitrogens with one attached hydrogen (secondary N) is 2. The maximum Gasteiger partial charge on any atom is 0.387 e. The maximum absolute atomic E-state index is 12.8. The van der Waals surface area contributed by atoms with Crippen molar-refractivity contribution in [3.8, 4) is 23.0 Å². The number of pyridine rings is 1. The van der Waals surface area contributed by atoms with Gasteiger partial charge in [0.15, 0.2) is 17.5 Å². The van der Waals surface area contributed by atoms with Crippen LogP contribution >= 0.6 is 24.0 Å². The van der Waals surface area contributed by atoms with E-state index in [9.17, 15) is 8.78 Å². The van der Waals surface area contributed by atoms with Gasteiger partial charge in [0.1, 0.15) is 11.5 Å². The largest absolute Gasteiger partial charge is 0.496 e. The third-order valence-electron chi connectivity index (χ3n) is 4.70. The molecule has 3 rings (SSSR count). The molecule has 2 heterocycles. The lowest BCUT2D eigenvalue weighted by Crippen LogP contribution is -2.37. The smallest absolute Gasteiger partial charge is 0.387 e. The lowest BCUT2D eigenvalue weighted by molar-refractivity contribution is -0.0505. The van der Waals surface area contributed by atoms with Gasteiger partial charge in [-0.1, -0.05) is 0 Å². The van der Waals surface area contributed by atoms with E-state index in [2.05, 4.69) is 25.3 Å². The highest BCUT2D eigenvalue weighted by molar-refractivity contribution is 14.0. The molecule has 0 atom stereocenters. The molecule has 0 saturated carbocycles. The number of rotatable bonds is 8. The summed E-state index contributed by atoms with van der Waals surface area (Å²) >= 11 is 0. The predicted octanol–water partition coefficient (Wildman–Crippen LogP) is 3.91. The van der Waals surface area contributed by atoms with Crippen molar-refractivity contribution in [3.63, 3.8) is 0 Å². The number of aromatic nitrogens is 1. The minimum atomic E-state index is -2.96. The van der Waals surface area contributed by atoms with Crippen molar-refractivity contribution in [1.82, 2.24) is 15.6 Å². The molecule has 0 amide bonds. The number of methoxy groups -OCH3 is 1. The molecule has 1 aromatic carbocycles. The summed E-state index contributed by atoms with van der Waals surface area (Å²) in [6.07, 6.45) is 1.76. The van der Waals surface area contributed by atoms with Crippen LogP contribution < -0.4 is 29.6 Å². The predicted molar refractivity (Wildman–Crippen MR) is 127 cm³/mol. The van der Waals surface area contributed by atoms with Crippen LogP contribution in [0.2, 0.25) is 0 Å². The third kappa shape index (κ3) is 6.24. The van der Waals surface area contributed by atoms with Crippen molar-refractivity contribution < 1.29 is 27.7 Å². The summed E-state index contributed by atoms with van der Waals surface area (Å²) < 4.78 is 46.3. The Labute approximate surface area is 202 Å². The standard InChI is InChI=1S/C21H26F2N4O4.HI/c1-5-24-21(27-10-15-13(3)19(28-4)12(2)8-25-15)26-9-14-6-17-18(30-11-29-17)7-16(14)31-20(22)23;/h6-8,20H,5,9-11H2,1-4H3,(H2,24,26,27);1H. The molecule has 1 aliphatic heterocycles. The van der Waals surface area contributed by atoms with E-state index in [-0.39, 0.29) is 43.1 Å². The molecule has 176 valence electrons. The number of ether oxygens (including phenoxy) is 4. The number of fused-ring (bicyclic) bond motifs is 1. The number of guanidine groups is 1. The van der Waals surface area contributed by atoms with Gasteiger partial charge < -0.3 is 29.6 Å². The molecule has 32 heavy (non-hydrogen) atoms. The molecule has 0 aliphatic carbocycles. The van der Waals surface area contributed by atoms with Crippen molar-refractivity contribution in [2.45, 2.75) is 40.5 Å². The Balaban J connectivity index is 0.00000363. The van der Waals surface area contributed by atoms with Crippen LogP contribution in [0.15, 0.2) is 23.3 Å². The number of benzene rings is 1. The number of alkyl halides is 2. The molecule has 2 aromatic rings. The second-order valence-electron chi connectivity index (χ2n) is 6.79. The van der Waals surface area contributed by atoms with E-state index in [1.807, 2.05) is 20.8 Å². The first-order valence-electron chi connectivity index (χ1n) is 9.81. The number of aryl methyl sites for hydroxylation is 1. The second kappa shape index (κ2) is 11.9. The normalized spacial score (nSPS) is 12.4. The van der Waals surface area contributed by atoms with Crippen molar-refractivity contribution >= 4 is 29.9 Å². The molecule has 1 aromatic heterocycles. The van der Waals surface area contributed by atoms with E-state index < -0.39 is 6.61 Å². The Kier molecular flexibility index (Phi) is 9.54. The molecule has 2 N–H and O–H groups in total. The molecule has 0 radical (unpaired) electrons. The average Bonchev–Trinajstić information content (AvgIpc) is 3.18. The van der Waals surface area contributed by atoms with Crippen LogP contribution in [0.4, 0.5) is 8.78 Å². The van der Waals surface area contributed by atoms with Crippen LogP contribution in [0, 0.1) is 13.8 Å². The van der Waals surface area contributed by atoms with Crippen molar-refractivity contribution in [3.05, 3.63) is 40.7 Å². The number of hydrogen-bond donors (Lipinski definition) is 2. The molecule has 8 nitrogen and oxygen atoms in total. The fourth-order valence-electron chi connectivity index (χ4n) is 3.22. The zero-order valence-electron chi connectivity index (χ0n) is 18.3. The Hall–Kier alpha value is -2.57. The van der Waals surface area contributed by atoms with Crippen LogP contribution in [-0.2, 0) is 13.1 Å². The molecule has 0 saturated heterocycles. The summed E-state index contributed by atoms with van der Waals surface area (Å²) in [5.74, 6) is 2.13. The van der Waals surface area contributed by atoms with Gasteiger partial charge in [0.25, 0.3) is 0 Å². The third-order valence-corrected chi connectivity index (χ3v) is 4.70. The topological polar surface area (TPSA) is 86.2 Å². The SMILES string of the molecule is CCNC(=NCc1cc2c(cc1OC(F)F)OCO2)NCc1ncc(C)c(OC)c1C.I. The Morgan fingerprint density at radius 3 is 2.59 bits per heavy atom. The van der Waals surface area contributed by atoms with Crippen molar-refractivity contribution in [2.75, 3.05) is 20.4 Å². The highest BCUT2D eigenvalue weighted by Gasteiger charge is 2.20. The number of hydrogen-bond acceptors (Lipinski definition) is 6. The number of aliphatic imine (C=N–C) groups is 1. The first-order valence-corrected chi connectivity index (χ1v) is 9.81. The van der Waals surface area contributed by atoms with Crippen LogP contribution in [0.5, 0.6) is 23.0 Å². The zero-order valence-corrected chi connectivity index (χ0v) is 20.7. The lowest BCUT2D eigenvalue weighted by Gasteiger charge is -2.15. The van der Waals surface area contributed by atoms with E-state index >= 15 is 0 Å². The number of halogens is 3. The maximum atomic E-state index is 12.8. The second-order valence-corrected chi connectivity index (χ2v) is 6.79. The fourth-order valence-corrected chi connectivity index (χ4v) is 3.22. The summed E-state index contributed by atoms with van der Waals surface area (Å²) in [5, 5.41) is 6.34. The lowest BCUT2D eigenvalue weighted by atomic mass is 10.1. The van der Waals surface area contributed by atoms with Crippen molar-refractivity contribution in [1.29, 1.82) is 0 Å². The van der Waals surface area contributed by atoms with Crippen LogP contribution in [0.25, 0.3) is 0 Å². The zero-order chi connectivity index (χ0) is 22.4. The van der Waals surface area contributed by atoms with E-state index in [0.717, 1.165) is 22.6 Å². The van der Waals surface area contributed by atoms with E-state index in [0.29, 0.717) is 36.1 Å². The Morgan fingerprint density at radius 1 is 1.22 bits per heavy atom. The molecule has 11 heteroatoms. The average molecular weight is 564 g/mol. The van der Waals surface area contributed by atoms with Crippen LogP contribution in [0.1, 0.15) is 29.3 Å². The van der Waals surface area contributed by atoms with Crippen molar-refractivity contribution in [2.24, 2.45) is 4.99 Å². The summed E-state index contributed by atoms with van der Waals surface area (Å²) in [6, 6.07) is 3.00. The van der Waals surface area contributed by atoms with E-state index in [4.69, 9.17) is 14.2 Å². The Morgan fingerprint density at radius 2 is 1.94 bits per heavy atom. The molecule has 0 unspecified atom stereocenters. The van der Waals surface area contributed by atoms with Gasteiger partial charge in [-0.3, -0.25) is 4.98 Å². The van der Waals surface area contributed by atoms with Gasteiger partial charge in [0.2, 0.25) is 6.79 Å². The minimum Gasteiger partial charge on any atom is -0.496 e.